The Labute approximate surface area is 224 Å². The molecule has 0 bridgehead atoms. The molecule has 1 saturated heterocycles. The zero-order valence-electron chi connectivity index (χ0n) is 23.9. The van der Waals surface area contributed by atoms with Crippen LogP contribution in [-0.4, -0.2) is 61.0 Å². The van der Waals surface area contributed by atoms with Crippen molar-refractivity contribution >= 4 is 11.9 Å². The van der Waals surface area contributed by atoms with Crippen LogP contribution in [0.1, 0.15) is 111 Å². The smallest absolute Gasteiger partial charge is 0.339 e. The fourth-order valence-electron chi connectivity index (χ4n) is 4.59. The third-order valence-electron chi connectivity index (χ3n) is 6.69. The second kappa shape index (κ2) is 17.2. The average Bonchev–Trinajstić information content (AvgIpc) is 3.29. The van der Waals surface area contributed by atoms with Crippen molar-refractivity contribution in [3.8, 4) is 0 Å². The number of carbonyl (C=O) groups excluding carboxylic acids is 2. The Morgan fingerprint density at radius 3 is 2.08 bits per heavy atom. The Balaban J connectivity index is 2.52. The minimum Gasteiger partial charge on any atom is -0.549 e. The molecular formula is C29H51O8-. The first-order valence-electron chi connectivity index (χ1n) is 14.1. The van der Waals surface area contributed by atoms with Crippen molar-refractivity contribution in [1.29, 1.82) is 0 Å². The Morgan fingerprint density at radius 1 is 1.00 bits per heavy atom. The van der Waals surface area contributed by atoms with Crippen molar-refractivity contribution in [1.82, 2.24) is 0 Å². The maximum atomic E-state index is 12.7. The van der Waals surface area contributed by atoms with Gasteiger partial charge in [0.05, 0.1) is 25.1 Å². The molecule has 0 spiro atoms. The number of hydrogen-bond donors (Lipinski definition) is 1. The van der Waals surface area contributed by atoms with E-state index in [0.29, 0.717) is 19.6 Å². The molecule has 0 aromatic rings. The van der Waals surface area contributed by atoms with Gasteiger partial charge < -0.3 is 34.0 Å². The van der Waals surface area contributed by atoms with Gasteiger partial charge in [0, 0.05) is 33.0 Å². The highest BCUT2D eigenvalue weighted by Crippen LogP contribution is 2.32. The van der Waals surface area contributed by atoms with E-state index in [2.05, 4.69) is 6.92 Å². The summed E-state index contributed by atoms with van der Waals surface area (Å²) >= 11 is 0. The summed E-state index contributed by atoms with van der Waals surface area (Å²) in [4.78, 5) is 24.6. The first kappa shape index (κ1) is 33.5. The Bertz CT molecular complexity index is 678. The topological polar surface area (TPSA) is 114 Å². The van der Waals surface area contributed by atoms with Gasteiger partial charge in [0.1, 0.15) is 5.60 Å². The molecule has 1 rings (SSSR count). The van der Waals surface area contributed by atoms with Gasteiger partial charge >= 0.3 is 5.97 Å². The number of carboxylic acids is 1. The summed E-state index contributed by atoms with van der Waals surface area (Å²) in [6.07, 6.45) is 15.3. The van der Waals surface area contributed by atoms with E-state index in [1.54, 1.807) is 26.8 Å². The SMILES string of the molecule is CCCCCCCC1(CCCCCC/C=C/[C@H](C(=O)[O-])[C@@](O)(CCOC)C(=O)OC(C)(C)C)OCCO1. The summed E-state index contributed by atoms with van der Waals surface area (Å²) in [6, 6.07) is 0. The Morgan fingerprint density at radius 2 is 1.57 bits per heavy atom. The number of carboxylic acid groups (broad SMARTS) is 1. The van der Waals surface area contributed by atoms with Crippen LogP contribution in [0.15, 0.2) is 12.2 Å². The standard InChI is InChI=1S/C29H52O8/c1-6-7-8-12-15-18-28(35-22-23-36-28)19-16-13-10-9-11-14-17-24(25(30)31)29(33,20-21-34-5)26(32)37-27(2,3)4/h14,17,24,33H,6-13,15-16,18-23H2,1-5H3,(H,30,31)/p-1/b17-14+/t24-,29+/m1/s1. The molecule has 8 heteroatoms. The minimum absolute atomic E-state index is 0.00101. The molecule has 0 amide bonds. The molecule has 0 saturated carbocycles. The molecule has 8 nitrogen and oxygen atoms in total. The lowest BCUT2D eigenvalue weighted by atomic mass is 9.83. The number of ether oxygens (including phenoxy) is 4. The second-order valence-corrected chi connectivity index (χ2v) is 11.1. The van der Waals surface area contributed by atoms with Gasteiger partial charge in [0.2, 0.25) is 0 Å². The molecule has 0 radical (unpaired) electrons. The molecule has 1 N–H and O–H groups in total. The molecule has 0 unspecified atom stereocenters. The normalized spacial score (nSPS) is 18.1. The molecule has 1 fully saturated rings. The number of methoxy groups -OCH3 is 1. The maximum absolute atomic E-state index is 12.7. The van der Waals surface area contributed by atoms with Gasteiger partial charge in [-0.2, -0.15) is 0 Å². The van der Waals surface area contributed by atoms with Gasteiger partial charge in [-0.25, -0.2) is 4.79 Å². The predicted octanol–water partition coefficient (Wildman–Crippen LogP) is 4.46. The Kier molecular flexibility index (Phi) is 15.6. The summed E-state index contributed by atoms with van der Waals surface area (Å²) in [5, 5.41) is 22.9. The van der Waals surface area contributed by atoms with Crippen LogP contribution in [0.4, 0.5) is 0 Å². The second-order valence-electron chi connectivity index (χ2n) is 11.1. The Hall–Kier alpha value is -1.48. The van der Waals surface area contributed by atoms with Crippen molar-refractivity contribution in [3.63, 3.8) is 0 Å². The zero-order chi connectivity index (χ0) is 27.8. The lowest BCUT2D eigenvalue weighted by Crippen LogP contribution is -2.55. The van der Waals surface area contributed by atoms with Gasteiger partial charge in [-0.3, -0.25) is 0 Å². The number of unbranched alkanes of at least 4 members (excludes halogenated alkanes) is 8. The fraction of sp³-hybridized carbons (Fsp3) is 0.862. The lowest BCUT2D eigenvalue weighted by Gasteiger charge is -2.35. The van der Waals surface area contributed by atoms with Gasteiger partial charge in [-0.15, -0.1) is 0 Å². The van der Waals surface area contributed by atoms with E-state index < -0.39 is 34.8 Å². The van der Waals surface area contributed by atoms with Gasteiger partial charge in [0.25, 0.3) is 0 Å². The van der Waals surface area contributed by atoms with E-state index in [0.717, 1.165) is 44.9 Å². The van der Waals surface area contributed by atoms with Gasteiger partial charge in [-0.1, -0.05) is 57.6 Å². The molecule has 1 aliphatic rings. The summed E-state index contributed by atoms with van der Waals surface area (Å²) in [7, 11) is 1.42. The van der Waals surface area contributed by atoms with E-state index in [4.69, 9.17) is 18.9 Å². The summed E-state index contributed by atoms with van der Waals surface area (Å²) < 4.78 is 22.3. The minimum atomic E-state index is -2.27. The molecule has 0 aliphatic carbocycles. The number of hydrogen-bond acceptors (Lipinski definition) is 8. The van der Waals surface area contributed by atoms with E-state index in [1.807, 2.05) is 0 Å². The predicted molar refractivity (Wildman–Crippen MR) is 141 cm³/mol. The van der Waals surface area contributed by atoms with E-state index in [9.17, 15) is 19.8 Å². The van der Waals surface area contributed by atoms with Crippen LogP contribution in [0.25, 0.3) is 0 Å². The highest BCUT2D eigenvalue weighted by atomic mass is 16.7. The lowest BCUT2D eigenvalue weighted by molar-refractivity contribution is -0.315. The number of esters is 1. The molecule has 2 atom stereocenters. The summed E-state index contributed by atoms with van der Waals surface area (Å²) in [6.45, 7) is 8.53. The summed E-state index contributed by atoms with van der Waals surface area (Å²) in [5.41, 5.74) is -3.15. The number of carbonyl (C=O) groups is 2. The summed E-state index contributed by atoms with van der Waals surface area (Å²) in [5.74, 6) is -4.47. The largest absolute Gasteiger partial charge is 0.549 e. The fourth-order valence-corrected chi connectivity index (χ4v) is 4.59. The highest BCUT2D eigenvalue weighted by Gasteiger charge is 2.46. The van der Waals surface area contributed by atoms with Crippen LogP contribution in [0.3, 0.4) is 0 Å². The first-order valence-corrected chi connectivity index (χ1v) is 14.1. The van der Waals surface area contributed by atoms with Crippen molar-refractivity contribution in [2.45, 2.75) is 128 Å². The third-order valence-corrected chi connectivity index (χ3v) is 6.69. The van der Waals surface area contributed by atoms with Crippen LogP contribution < -0.4 is 5.11 Å². The van der Waals surface area contributed by atoms with E-state index in [-0.39, 0.29) is 13.0 Å². The molecule has 1 heterocycles. The number of aliphatic carboxylic acids is 1. The van der Waals surface area contributed by atoms with Crippen molar-refractivity contribution in [2.75, 3.05) is 26.9 Å². The van der Waals surface area contributed by atoms with Gasteiger partial charge in [0.15, 0.2) is 11.4 Å². The molecule has 1 aliphatic heterocycles. The van der Waals surface area contributed by atoms with Crippen LogP contribution in [0.5, 0.6) is 0 Å². The molecule has 0 aromatic carbocycles. The van der Waals surface area contributed by atoms with Crippen molar-refractivity contribution < 1.29 is 38.7 Å². The number of aliphatic hydroxyl groups is 1. The van der Waals surface area contributed by atoms with Crippen LogP contribution in [0, 0.1) is 5.92 Å². The monoisotopic (exact) mass is 527 g/mol. The first-order chi connectivity index (χ1) is 17.5. The number of rotatable bonds is 20. The van der Waals surface area contributed by atoms with Crippen molar-refractivity contribution in [3.05, 3.63) is 12.2 Å². The van der Waals surface area contributed by atoms with Crippen LogP contribution in [-0.2, 0) is 28.5 Å². The van der Waals surface area contributed by atoms with Crippen molar-refractivity contribution in [2.24, 2.45) is 5.92 Å². The highest BCUT2D eigenvalue weighted by molar-refractivity contribution is 5.87. The van der Waals surface area contributed by atoms with Crippen LogP contribution >= 0.6 is 0 Å². The molecule has 37 heavy (non-hydrogen) atoms. The number of allylic oxidation sites excluding steroid dienone is 1. The average molecular weight is 528 g/mol. The quantitative estimate of drug-likeness (QED) is 0.140. The van der Waals surface area contributed by atoms with Crippen LogP contribution in [0.2, 0.25) is 0 Å². The molecular weight excluding hydrogens is 476 g/mol. The van der Waals surface area contributed by atoms with Gasteiger partial charge in [-0.05, 0) is 46.5 Å². The van der Waals surface area contributed by atoms with E-state index >= 15 is 0 Å². The van der Waals surface area contributed by atoms with E-state index in [1.165, 1.54) is 38.9 Å². The maximum Gasteiger partial charge on any atom is 0.339 e. The molecule has 0 aromatic heterocycles. The molecule has 216 valence electrons. The third kappa shape index (κ3) is 12.7. The zero-order valence-corrected chi connectivity index (χ0v) is 23.9.